The number of ether oxygens (including phenoxy) is 2. The zero-order valence-electron chi connectivity index (χ0n) is 19.6. The average molecular weight is 492 g/mol. The molecule has 180 valence electrons. The summed E-state index contributed by atoms with van der Waals surface area (Å²) in [6, 6.07) is 11.2. The number of aromatic nitrogens is 3. The molecule has 0 atom stereocenters. The van der Waals surface area contributed by atoms with Crippen molar-refractivity contribution in [1.29, 1.82) is 0 Å². The van der Waals surface area contributed by atoms with E-state index in [-0.39, 0.29) is 5.78 Å². The first-order valence-electron chi connectivity index (χ1n) is 11.5. The summed E-state index contributed by atoms with van der Waals surface area (Å²) in [4.78, 5) is 25.9. The molecule has 8 nitrogen and oxygen atoms in total. The van der Waals surface area contributed by atoms with E-state index in [1.165, 1.54) is 0 Å². The number of H-pyrrole nitrogens is 1. The molecule has 1 aromatic carbocycles. The molecule has 3 heterocycles. The van der Waals surface area contributed by atoms with Crippen LogP contribution in [0.4, 0.5) is 17.2 Å². The van der Waals surface area contributed by atoms with E-state index in [4.69, 9.17) is 26.1 Å². The first kappa shape index (κ1) is 23.1. The van der Waals surface area contributed by atoms with Gasteiger partial charge in [-0.15, -0.1) is 0 Å². The van der Waals surface area contributed by atoms with Crippen molar-refractivity contribution in [3.05, 3.63) is 58.9 Å². The first-order valence-corrected chi connectivity index (χ1v) is 11.8. The highest BCUT2D eigenvalue weighted by atomic mass is 35.5. The lowest BCUT2D eigenvalue weighted by Crippen LogP contribution is -2.11. The van der Waals surface area contributed by atoms with Crippen molar-refractivity contribution in [3.8, 4) is 17.0 Å². The number of benzene rings is 1. The van der Waals surface area contributed by atoms with Crippen LogP contribution in [0, 0.1) is 0 Å². The van der Waals surface area contributed by atoms with Crippen LogP contribution in [0.25, 0.3) is 22.3 Å². The van der Waals surface area contributed by atoms with Gasteiger partial charge in [0, 0.05) is 37.5 Å². The molecule has 0 saturated heterocycles. The molecule has 1 aliphatic carbocycles. The molecule has 3 N–H and O–H groups in total. The minimum Gasteiger partial charge on any atom is -0.493 e. The molecule has 5 rings (SSSR count). The van der Waals surface area contributed by atoms with Crippen LogP contribution in [0.2, 0.25) is 5.02 Å². The molecule has 35 heavy (non-hydrogen) atoms. The summed E-state index contributed by atoms with van der Waals surface area (Å²) in [7, 11) is 3.23. The monoisotopic (exact) mass is 491 g/mol. The van der Waals surface area contributed by atoms with Gasteiger partial charge in [0.25, 0.3) is 0 Å². The standard InChI is InChI=1S/C26H26ClN5O3/c1-34-14-13-29-21-10-9-18-23(32-21)15(11-12-28-18)24-25(22-17(30-24)6-4-8-20(22)33)31-19-7-3-5-16(27)26(19)35-2/h3,5,7,9-12,30-31H,4,6,8,13-14H2,1-2H3,(H,29,32). The van der Waals surface area contributed by atoms with Crippen LogP contribution < -0.4 is 15.4 Å². The van der Waals surface area contributed by atoms with Gasteiger partial charge in [0.2, 0.25) is 0 Å². The maximum Gasteiger partial charge on any atom is 0.166 e. The van der Waals surface area contributed by atoms with Crippen LogP contribution in [0.3, 0.4) is 0 Å². The Hall–Kier alpha value is -3.62. The number of ketones is 1. The topological polar surface area (TPSA) is 101 Å². The molecular weight excluding hydrogens is 466 g/mol. The quantitative estimate of drug-likeness (QED) is 0.275. The lowest BCUT2D eigenvalue weighted by Gasteiger charge is -2.16. The normalized spacial score (nSPS) is 13.1. The zero-order valence-corrected chi connectivity index (χ0v) is 20.3. The first-order chi connectivity index (χ1) is 17.1. The van der Waals surface area contributed by atoms with E-state index < -0.39 is 0 Å². The molecular formula is C26H26ClN5O3. The van der Waals surface area contributed by atoms with E-state index in [1.54, 1.807) is 26.5 Å². The number of methoxy groups -OCH3 is 2. The number of carbonyl (C=O) groups is 1. The fourth-order valence-corrected chi connectivity index (χ4v) is 4.73. The minimum atomic E-state index is 0.102. The number of halogens is 1. The maximum atomic E-state index is 13.1. The average Bonchev–Trinajstić information content (AvgIpc) is 3.23. The second-order valence-electron chi connectivity index (χ2n) is 8.29. The molecule has 4 aromatic rings. The van der Waals surface area contributed by atoms with Crippen LogP contribution in [-0.2, 0) is 11.2 Å². The van der Waals surface area contributed by atoms with E-state index in [0.29, 0.717) is 47.3 Å². The van der Waals surface area contributed by atoms with Crippen LogP contribution in [-0.4, -0.2) is 48.1 Å². The summed E-state index contributed by atoms with van der Waals surface area (Å²) in [6.45, 7) is 1.21. The van der Waals surface area contributed by atoms with Gasteiger partial charge in [0.15, 0.2) is 11.5 Å². The number of hydrogen-bond acceptors (Lipinski definition) is 7. The van der Waals surface area contributed by atoms with Gasteiger partial charge >= 0.3 is 0 Å². The van der Waals surface area contributed by atoms with Crippen molar-refractivity contribution in [3.63, 3.8) is 0 Å². The highest BCUT2D eigenvalue weighted by Gasteiger charge is 2.28. The van der Waals surface area contributed by atoms with Crippen molar-refractivity contribution in [2.45, 2.75) is 19.3 Å². The largest absolute Gasteiger partial charge is 0.493 e. The van der Waals surface area contributed by atoms with E-state index in [0.717, 1.165) is 46.6 Å². The second-order valence-corrected chi connectivity index (χ2v) is 8.70. The summed E-state index contributed by atoms with van der Waals surface area (Å²) >= 11 is 6.37. The Kier molecular flexibility index (Phi) is 6.57. The second kappa shape index (κ2) is 9.93. The van der Waals surface area contributed by atoms with E-state index in [2.05, 4.69) is 20.6 Å². The molecule has 3 aromatic heterocycles. The number of anilines is 3. The van der Waals surface area contributed by atoms with Crippen LogP contribution in [0.5, 0.6) is 5.75 Å². The predicted octanol–water partition coefficient (Wildman–Crippen LogP) is 5.61. The third-order valence-electron chi connectivity index (χ3n) is 6.08. The highest BCUT2D eigenvalue weighted by molar-refractivity contribution is 6.32. The Labute approximate surface area is 208 Å². The number of aromatic amines is 1. The van der Waals surface area contributed by atoms with E-state index in [1.807, 2.05) is 30.3 Å². The molecule has 1 aliphatic rings. The number of fused-ring (bicyclic) bond motifs is 2. The predicted molar refractivity (Wildman–Crippen MR) is 138 cm³/mol. The van der Waals surface area contributed by atoms with Crippen LogP contribution in [0.1, 0.15) is 28.9 Å². The Morgan fingerprint density at radius 2 is 2.03 bits per heavy atom. The Morgan fingerprint density at radius 1 is 1.14 bits per heavy atom. The summed E-state index contributed by atoms with van der Waals surface area (Å²) in [5.41, 5.74) is 6.06. The van der Waals surface area contributed by atoms with Crippen molar-refractivity contribution >= 4 is 45.6 Å². The van der Waals surface area contributed by atoms with Crippen molar-refractivity contribution in [1.82, 2.24) is 15.0 Å². The smallest absolute Gasteiger partial charge is 0.166 e. The molecule has 0 spiro atoms. The highest BCUT2D eigenvalue weighted by Crippen LogP contribution is 2.43. The van der Waals surface area contributed by atoms with Gasteiger partial charge in [-0.1, -0.05) is 17.7 Å². The van der Waals surface area contributed by atoms with Gasteiger partial charge in [0.05, 0.1) is 46.9 Å². The fourth-order valence-electron chi connectivity index (χ4n) is 4.48. The molecule has 0 fully saturated rings. The van der Waals surface area contributed by atoms with Crippen molar-refractivity contribution < 1.29 is 14.3 Å². The third kappa shape index (κ3) is 4.42. The summed E-state index contributed by atoms with van der Waals surface area (Å²) in [5, 5.41) is 7.21. The molecule has 0 bridgehead atoms. The molecule has 0 unspecified atom stereocenters. The molecule has 0 aliphatic heterocycles. The van der Waals surface area contributed by atoms with Crippen molar-refractivity contribution in [2.75, 3.05) is 38.0 Å². The lowest BCUT2D eigenvalue weighted by atomic mass is 9.94. The lowest BCUT2D eigenvalue weighted by molar-refractivity contribution is 0.0973. The number of para-hydroxylation sites is 1. The van der Waals surface area contributed by atoms with Gasteiger partial charge in [-0.3, -0.25) is 9.78 Å². The van der Waals surface area contributed by atoms with E-state index in [9.17, 15) is 4.79 Å². The number of carbonyl (C=O) groups excluding carboxylic acids is 1. The minimum absolute atomic E-state index is 0.102. The Bertz CT molecular complexity index is 1400. The SMILES string of the molecule is COCCNc1ccc2nccc(-c3[nH]c4c(c3Nc3cccc(Cl)c3OC)C(=O)CCC4)c2n1. The molecule has 0 amide bonds. The summed E-state index contributed by atoms with van der Waals surface area (Å²) < 4.78 is 10.7. The van der Waals surface area contributed by atoms with Crippen LogP contribution in [0.15, 0.2) is 42.6 Å². The van der Waals surface area contributed by atoms with Gasteiger partial charge < -0.3 is 25.1 Å². The van der Waals surface area contributed by atoms with Gasteiger partial charge in [-0.25, -0.2) is 4.98 Å². The number of nitrogens with one attached hydrogen (secondary N) is 3. The molecule has 9 heteroatoms. The number of hydrogen-bond donors (Lipinski definition) is 3. The number of rotatable bonds is 8. The number of aryl methyl sites for hydroxylation is 1. The van der Waals surface area contributed by atoms with Gasteiger partial charge in [-0.2, -0.15) is 0 Å². The van der Waals surface area contributed by atoms with Crippen LogP contribution >= 0.6 is 11.6 Å². The molecule has 0 radical (unpaired) electrons. The zero-order chi connectivity index (χ0) is 24.4. The summed E-state index contributed by atoms with van der Waals surface area (Å²) in [6.07, 6.45) is 3.87. The number of pyridine rings is 2. The molecule has 0 saturated carbocycles. The summed E-state index contributed by atoms with van der Waals surface area (Å²) in [5.74, 6) is 1.34. The Balaban J connectivity index is 1.67. The third-order valence-corrected chi connectivity index (χ3v) is 6.38. The Morgan fingerprint density at radius 3 is 2.86 bits per heavy atom. The number of nitrogens with zero attached hydrogens (tertiary/aromatic N) is 2. The fraction of sp³-hybridized carbons (Fsp3) is 0.269. The van der Waals surface area contributed by atoms with Gasteiger partial charge in [0.1, 0.15) is 11.3 Å². The van der Waals surface area contributed by atoms with Gasteiger partial charge in [-0.05, 0) is 43.2 Å². The van der Waals surface area contributed by atoms with E-state index >= 15 is 0 Å². The maximum absolute atomic E-state index is 13.1. The number of Topliss-reactive ketones (excluding diaryl/α,β-unsaturated/α-hetero) is 1. The van der Waals surface area contributed by atoms with Crippen molar-refractivity contribution in [2.24, 2.45) is 0 Å².